The molecule has 2 aromatic rings. The Morgan fingerprint density at radius 3 is 3.29 bits per heavy atom. The number of rotatable bonds is 0. The zero-order chi connectivity index (χ0) is 11.2. The molecule has 17 heavy (non-hydrogen) atoms. The maximum Gasteiger partial charge on any atom is 0.137 e. The normalized spacial score (nSPS) is 24.6. The van der Waals surface area contributed by atoms with Gasteiger partial charge in [-0.1, -0.05) is 6.42 Å². The van der Waals surface area contributed by atoms with Crippen molar-refractivity contribution in [1.82, 2.24) is 14.9 Å². The van der Waals surface area contributed by atoms with Crippen molar-refractivity contribution in [2.75, 3.05) is 13.1 Å². The van der Waals surface area contributed by atoms with Gasteiger partial charge in [0.15, 0.2) is 0 Å². The molecule has 0 amide bonds. The van der Waals surface area contributed by atoms with E-state index in [9.17, 15) is 0 Å². The highest BCUT2D eigenvalue weighted by molar-refractivity contribution is 5.81. The first-order valence-electron chi connectivity index (χ1n) is 6.63. The Kier molecular flexibility index (Phi) is 2.03. The molecule has 0 radical (unpaired) electrons. The Balaban J connectivity index is 1.89. The Labute approximate surface area is 101 Å². The van der Waals surface area contributed by atoms with Crippen molar-refractivity contribution in [3.05, 3.63) is 29.6 Å². The van der Waals surface area contributed by atoms with Crippen molar-refractivity contribution in [2.45, 2.75) is 31.7 Å². The van der Waals surface area contributed by atoms with Crippen molar-refractivity contribution >= 4 is 11.0 Å². The van der Waals surface area contributed by atoms with E-state index in [0.717, 1.165) is 5.65 Å². The Morgan fingerprint density at radius 2 is 2.29 bits per heavy atom. The molecule has 4 rings (SSSR count). The van der Waals surface area contributed by atoms with Crippen LogP contribution in [-0.4, -0.2) is 28.0 Å². The molecule has 88 valence electrons. The van der Waals surface area contributed by atoms with Crippen molar-refractivity contribution in [1.29, 1.82) is 0 Å². The van der Waals surface area contributed by atoms with Gasteiger partial charge in [0.05, 0.1) is 6.04 Å². The second kappa shape index (κ2) is 3.57. The summed E-state index contributed by atoms with van der Waals surface area (Å²) < 4.78 is 0. The minimum absolute atomic E-state index is 0.627. The Hall–Kier alpha value is -1.35. The highest BCUT2D eigenvalue weighted by Gasteiger charge is 2.31. The summed E-state index contributed by atoms with van der Waals surface area (Å²) in [4.78, 5) is 10.7. The molecule has 0 aliphatic carbocycles. The molecule has 1 saturated heterocycles. The molecule has 3 nitrogen and oxygen atoms in total. The van der Waals surface area contributed by atoms with Gasteiger partial charge in [-0.25, -0.2) is 4.98 Å². The van der Waals surface area contributed by atoms with Crippen LogP contribution in [0.4, 0.5) is 0 Å². The summed E-state index contributed by atoms with van der Waals surface area (Å²) in [5.74, 6) is 0. The average molecular weight is 227 g/mol. The smallest absolute Gasteiger partial charge is 0.137 e. The lowest BCUT2D eigenvalue weighted by Gasteiger charge is -2.39. The van der Waals surface area contributed by atoms with Crippen LogP contribution in [0.25, 0.3) is 11.0 Å². The molecule has 0 saturated carbocycles. The molecule has 2 aliphatic heterocycles. The number of aromatic nitrogens is 2. The minimum atomic E-state index is 0.627. The van der Waals surface area contributed by atoms with Crippen LogP contribution in [-0.2, 0) is 6.42 Å². The number of nitrogens with one attached hydrogen (secondary N) is 1. The zero-order valence-corrected chi connectivity index (χ0v) is 9.95. The predicted molar refractivity (Wildman–Crippen MR) is 68.0 cm³/mol. The van der Waals surface area contributed by atoms with E-state index in [1.54, 1.807) is 0 Å². The highest BCUT2D eigenvalue weighted by Crippen LogP contribution is 2.38. The summed E-state index contributed by atoms with van der Waals surface area (Å²) in [6.07, 6.45) is 7.09. The summed E-state index contributed by atoms with van der Waals surface area (Å²) in [5, 5.41) is 1.34. The molecule has 2 aliphatic rings. The fraction of sp³-hybridized carbons (Fsp3) is 0.500. The topological polar surface area (TPSA) is 31.9 Å². The van der Waals surface area contributed by atoms with Crippen molar-refractivity contribution < 1.29 is 0 Å². The number of aromatic amines is 1. The first-order valence-corrected chi connectivity index (χ1v) is 6.63. The van der Waals surface area contributed by atoms with Crippen LogP contribution in [0.1, 0.15) is 36.6 Å². The van der Waals surface area contributed by atoms with E-state index in [4.69, 9.17) is 0 Å². The Bertz CT molecular complexity index is 558. The van der Waals surface area contributed by atoms with Gasteiger partial charge >= 0.3 is 0 Å². The third-order valence-corrected chi connectivity index (χ3v) is 4.31. The molecule has 2 aromatic heterocycles. The number of hydrogen-bond acceptors (Lipinski definition) is 2. The fourth-order valence-corrected chi connectivity index (χ4v) is 3.49. The summed E-state index contributed by atoms with van der Waals surface area (Å²) >= 11 is 0. The van der Waals surface area contributed by atoms with Crippen molar-refractivity contribution in [3.8, 4) is 0 Å². The highest BCUT2D eigenvalue weighted by atomic mass is 15.2. The lowest BCUT2D eigenvalue weighted by molar-refractivity contribution is 0.136. The second-order valence-electron chi connectivity index (χ2n) is 5.21. The maximum atomic E-state index is 4.45. The van der Waals surface area contributed by atoms with Gasteiger partial charge in [0, 0.05) is 23.8 Å². The third-order valence-electron chi connectivity index (χ3n) is 4.31. The quantitative estimate of drug-likeness (QED) is 0.750. The van der Waals surface area contributed by atoms with Gasteiger partial charge in [-0.2, -0.15) is 0 Å². The van der Waals surface area contributed by atoms with Crippen LogP contribution < -0.4 is 0 Å². The second-order valence-corrected chi connectivity index (χ2v) is 5.21. The van der Waals surface area contributed by atoms with Gasteiger partial charge in [-0.05, 0) is 43.5 Å². The van der Waals surface area contributed by atoms with Gasteiger partial charge in [-0.3, -0.25) is 4.90 Å². The summed E-state index contributed by atoms with van der Waals surface area (Å²) in [7, 11) is 0. The molecule has 0 bridgehead atoms. The largest absolute Gasteiger partial charge is 0.342 e. The van der Waals surface area contributed by atoms with Crippen LogP contribution in [0.3, 0.4) is 0 Å². The van der Waals surface area contributed by atoms with E-state index in [1.807, 2.05) is 12.3 Å². The van der Waals surface area contributed by atoms with Crippen LogP contribution >= 0.6 is 0 Å². The SMILES string of the molecule is c1cnc2[nH]c3c(c2c1)CCN1CCCC[C@H]31. The molecular weight excluding hydrogens is 210 g/mol. The number of hydrogen-bond donors (Lipinski definition) is 1. The summed E-state index contributed by atoms with van der Waals surface area (Å²) in [5.41, 5.74) is 4.05. The number of pyridine rings is 1. The van der Waals surface area contributed by atoms with Gasteiger partial charge in [0.25, 0.3) is 0 Å². The van der Waals surface area contributed by atoms with E-state index in [1.165, 1.54) is 55.4 Å². The summed E-state index contributed by atoms with van der Waals surface area (Å²) in [6.45, 7) is 2.49. The molecule has 0 aromatic carbocycles. The van der Waals surface area contributed by atoms with E-state index >= 15 is 0 Å². The molecular formula is C14H17N3. The van der Waals surface area contributed by atoms with Gasteiger partial charge < -0.3 is 4.98 Å². The van der Waals surface area contributed by atoms with E-state index in [0.29, 0.717) is 6.04 Å². The first kappa shape index (κ1) is 9.66. The minimum Gasteiger partial charge on any atom is -0.342 e. The molecule has 1 atom stereocenters. The van der Waals surface area contributed by atoms with Gasteiger partial charge in [0.2, 0.25) is 0 Å². The van der Waals surface area contributed by atoms with Crippen LogP contribution in [0.5, 0.6) is 0 Å². The molecule has 1 N–H and O–H groups in total. The first-order chi connectivity index (χ1) is 8.43. The van der Waals surface area contributed by atoms with Crippen molar-refractivity contribution in [2.24, 2.45) is 0 Å². The van der Waals surface area contributed by atoms with E-state index in [-0.39, 0.29) is 0 Å². The van der Waals surface area contributed by atoms with Crippen LogP contribution in [0, 0.1) is 0 Å². The number of nitrogens with zero attached hydrogens (tertiary/aromatic N) is 2. The average Bonchev–Trinajstić information content (AvgIpc) is 2.78. The zero-order valence-electron chi connectivity index (χ0n) is 9.95. The molecule has 3 heteroatoms. The third kappa shape index (κ3) is 1.35. The van der Waals surface area contributed by atoms with Crippen molar-refractivity contribution in [3.63, 3.8) is 0 Å². The monoisotopic (exact) mass is 227 g/mol. The maximum absolute atomic E-state index is 4.45. The summed E-state index contributed by atoms with van der Waals surface area (Å²) in [6, 6.07) is 4.88. The predicted octanol–water partition coefficient (Wildman–Crippen LogP) is 2.65. The van der Waals surface area contributed by atoms with Crippen LogP contribution in [0.2, 0.25) is 0 Å². The standard InChI is InChI=1S/C14H17N3/c1-2-8-17-9-6-10-11-4-3-7-15-14(11)16-13(10)12(17)5-1/h3-4,7,12H,1-2,5-6,8-9H2,(H,15,16)/t12-/m1/s1. The Morgan fingerprint density at radius 1 is 1.29 bits per heavy atom. The number of piperidine rings is 1. The number of fused-ring (bicyclic) bond motifs is 5. The lowest BCUT2D eigenvalue weighted by atomic mass is 9.91. The molecule has 1 fully saturated rings. The molecule has 0 spiro atoms. The van der Waals surface area contributed by atoms with Gasteiger partial charge in [-0.15, -0.1) is 0 Å². The van der Waals surface area contributed by atoms with Crippen LogP contribution in [0.15, 0.2) is 18.3 Å². The molecule has 0 unspecified atom stereocenters. The fourth-order valence-electron chi connectivity index (χ4n) is 3.49. The number of H-pyrrole nitrogens is 1. The van der Waals surface area contributed by atoms with Gasteiger partial charge in [0.1, 0.15) is 5.65 Å². The molecule has 4 heterocycles. The lowest BCUT2D eigenvalue weighted by Crippen LogP contribution is -2.38. The van der Waals surface area contributed by atoms with E-state index in [2.05, 4.69) is 20.9 Å². The van der Waals surface area contributed by atoms with E-state index < -0.39 is 0 Å².